The van der Waals surface area contributed by atoms with Crippen LogP contribution in [0.2, 0.25) is 0 Å². The van der Waals surface area contributed by atoms with E-state index in [9.17, 15) is 13.2 Å². The zero-order valence-corrected chi connectivity index (χ0v) is 12.0. The van der Waals surface area contributed by atoms with Gasteiger partial charge in [0.2, 0.25) is 0 Å². The van der Waals surface area contributed by atoms with Crippen molar-refractivity contribution in [1.29, 1.82) is 0 Å². The molecule has 0 amide bonds. The number of fused-ring (bicyclic) bond motifs is 1. The average Bonchev–Trinajstić information content (AvgIpc) is 2.46. The van der Waals surface area contributed by atoms with Crippen LogP contribution in [0.1, 0.15) is 22.7 Å². The van der Waals surface area contributed by atoms with Gasteiger partial charge in [-0.3, -0.25) is 0 Å². The van der Waals surface area contributed by atoms with E-state index in [1.54, 1.807) is 12.1 Å². The smallest absolute Gasteiger partial charge is 0.306 e. The topological polar surface area (TPSA) is 12.0 Å². The molecule has 0 aliphatic carbocycles. The standard InChI is InChI=1S/C16H14F3NS/c17-16(18,19)21-13-7-5-12(6-8-13)15-14-4-2-1-3-11(14)9-10-20-15/h1-8,15,20H,9-10H2. The van der Waals surface area contributed by atoms with Gasteiger partial charge < -0.3 is 5.32 Å². The van der Waals surface area contributed by atoms with Gasteiger partial charge in [0.05, 0.1) is 6.04 Å². The van der Waals surface area contributed by atoms with Gasteiger partial charge in [0.25, 0.3) is 0 Å². The quantitative estimate of drug-likeness (QED) is 0.818. The Balaban J connectivity index is 1.85. The van der Waals surface area contributed by atoms with E-state index in [2.05, 4.69) is 17.4 Å². The highest BCUT2D eigenvalue weighted by Gasteiger charge is 2.29. The Bertz CT molecular complexity index is 622. The van der Waals surface area contributed by atoms with Crippen molar-refractivity contribution in [3.8, 4) is 0 Å². The second-order valence-corrected chi connectivity index (χ2v) is 6.09. The third kappa shape index (κ3) is 3.41. The molecule has 1 heterocycles. The first kappa shape index (κ1) is 14.5. The molecule has 1 N–H and O–H groups in total. The van der Waals surface area contributed by atoms with E-state index in [-0.39, 0.29) is 22.7 Å². The minimum Gasteiger partial charge on any atom is -0.306 e. The summed E-state index contributed by atoms with van der Waals surface area (Å²) in [6.45, 7) is 0.876. The number of benzene rings is 2. The second kappa shape index (κ2) is 5.73. The highest BCUT2D eigenvalue weighted by molar-refractivity contribution is 8.00. The predicted molar refractivity (Wildman–Crippen MR) is 78.3 cm³/mol. The Labute approximate surface area is 125 Å². The van der Waals surface area contributed by atoms with E-state index in [4.69, 9.17) is 0 Å². The summed E-state index contributed by atoms with van der Waals surface area (Å²) in [5.74, 6) is 0. The molecule has 2 aromatic rings. The largest absolute Gasteiger partial charge is 0.446 e. The SMILES string of the molecule is FC(F)(F)Sc1ccc(C2NCCc3ccccc32)cc1. The van der Waals surface area contributed by atoms with E-state index < -0.39 is 5.51 Å². The molecule has 110 valence electrons. The fourth-order valence-electron chi connectivity index (χ4n) is 2.66. The fourth-order valence-corrected chi connectivity index (χ4v) is 3.20. The van der Waals surface area contributed by atoms with Crippen LogP contribution in [0.5, 0.6) is 0 Å². The van der Waals surface area contributed by atoms with Crippen molar-refractivity contribution >= 4 is 11.8 Å². The van der Waals surface area contributed by atoms with Gasteiger partial charge in [0.15, 0.2) is 0 Å². The lowest BCUT2D eigenvalue weighted by molar-refractivity contribution is -0.0328. The van der Waals surface area contributed by atoms with Gasteiger partial charge in [0, 0.05) is 11.4 Å². The number of rotatable bonds is 2. The molecule has 1 unspecified atom stereocenters. The Morgan fingerprint density at radius 2 is 1.71 bits per heavy atom. The highest BCUT2D eigenvalue weighted by atomic mass is 32.2. The van der Waals surface area contributed by atoms with E-state index in [0.29, 0.717) is 0 Å². The van der Waals surface area contributed by atoms with Gasteiger partial charge in [-0.05, 0) is 47.0 Å². The summed E-state index contributed by atoms with van der Waals surface area (Å²) in [4.78, 5) is 0.218. The minimum absolute atomic E-state index is 0.0555. The molecule has 1 atom stereocenters. The predicted octanol–water partition coefficient (Wildman–Crippen LogP) is 4.53. The molecule has 0 spiro atoms. The van der Waals surface area contributed by atoms with Gasteiger partial charge in [-0.15, -0.1) is 0 Å². The van der Waals surface area contributed by atoms with Gasteiger partial charge in [0.1, 0.15) is 0 Å². The third-order valence-corrected chi connectivity index (χ3v) is 4.30. The summed E-state index contributed by atoms with van der Waals surface area (Å²) in [6.07, 6.45) is 0.981. The molecule has 0 fully saturated rings. The molecular weight excluding hydrogens is 295 g/mol. The van der Waals surface area contributed by atoms with Crippen molar-refractivity contribution in [3.63, 3.8) is 0 Å². The zero-order chi connectivity index (χ0) is 14.9. The summed E-state index contributed by atoms with van der Waals surface area (Å²) in [5, 5.41) is 3.43. The molecule has 3 rings (SSSR count). The van der Waals surface area contributed by atoms with Crippen LogP contribution < -0.4 is 5.32 Å². The maximum atomic E-state index is 12.3. The summed E-state index contributed by atoms with van der Waals surface area (Å²) in [5.41, 5.74) is -0.736. The second-order valence-electron chi connectivity index (χ2n) is 4.95. The fraction of sp³-hybridized carbons (Fsp3) is 0.250. The number of thioether (sulfide) groups is 1. The molecule has 1 nitrogen and oxygen atoms in total. The van der Waals surface area contributed by atoms with Crippen molar-refractivity contribution < 1.29 is 13.2 Å². The van der Waals surface area contributed by atoms with E-state index >= 15 is 0 Å². The first-order valence-electron chi connectivity index (χ1n) is 6.70. The normalized spacial score (nSPS) is 18.3. The van der Waals surface area contributed by atoms with Crippen LogP contribution in [-0.2, 0) is 6.42 Å². The number of hydrogen-bond acceptors (Lipinski definition) is 2. The van der Waals surface area contributed by atoms with Gasteiger partial charge >= 0.3 is 5.51 Å². The summed E-state index contributed by atoms with van der Waals surface area (Å²) in [6, 6.07) is 14.9. The van der Waals surface area contributed by atoms with Gasteiger partial charge in [-0.2, -0.15) is 13.2 Å². The van der Waals surface area contributed by atoms with Crippen LogP contribution in [0.3, 0.4) is 0 Å². The first-order chi connectivity index (χ1) is 10.0. The summed E-state index contributed by atoms with van der Waals surface area (Å²) < 4.78 is 37.0. The molecule has 21 heavy (non-hydrogen) atoms. The molecule has 1 aliphatic heterocycles. The first-order valence-corrected chi connectivity index (χ1v) is 7.51. The Morgan fingerprint density at radius 1 is 1.00 bits per heavy atom. The van der Waals surface area contributed by atoms with Gasteiger partial charge in [-0.25, -0.2) is 0 Å². The molecule has 2 aromatic carbocycles. The number of alkyl halides is 3. The molecule has 1 aliphatic rings. The zero-order valence-electron chi connectivity index (χ0n) is 11.2. The minimum atomic E-state index is -4.24. The van der Waals surface area contributed by atoms with Crippen molar-refractivity contribution in [1.82, 2.24) is 5.32 Å². The van der Waals surface area contributed by atoms with Crippen LogP contribution in [0.4, 0.5) is 13.2 Å². The lowest BCUT2D eigenvalue weighted by Gasteiger charge is -2.27. The highest BCUT2D eigenvalue weighted by Crippen LogP contribution is 2.37. The van der Waals surface area contributed by atoms with Crippen LogP contribution in [0, 0.1) is 0 Å². The average molecular weight is 309 g/mol. The molecular formula is C16H14F3NS. The van der Waals surface area contributed by atoms with Crippen molar-refractivity contribution in [3.05, 3.63) is 65.2 Å². The van der Waals surface area contributed by atoms with Crippen molar-refractivity contribution in [2.45, 2.75) is 22.9 Å². The third-order valence-electron chi connectivity index (χ3n) is 3.56. The van der Waals surface area contributed by atoms with Crippen LogP contribution in [0.15, 0.2) is 53.4 Å². The maximum Gasteiger partial charge on any atom is 0.446 e. The lowest BCUT2D eigenvalue weighted by atomic mass is 9.90. The number of halogens is 3. The van der Waals surface area contributed by atoms with E-state index in [1.165, 1.54) is 23.3 Å². The maximum absolute atomic E-state index is 12.3. The summed E-state index contributed by atoms with van der Waals surface area (Å²) >= 11 is -0.0787. The molecule has 0 radical (unpaired) electrons. The Hall–Kier alpha value is -1.46. The Morgan fingerprint density at radius 3 is 2.43 bits per heavy atom. The molecule has 5 heteroatoms. The van der Waals surface area contributed by atoms with E-state index in [0.717, 1.165) is 18.5 Å². The van der Waals surface area contributed by atoms with Gasteiger partial charge in [-0.1, -0.05) is 36.4 Å². The molecule has 0 saturated carbocycles. The summed E-state index contributed by atoms with van der Waals surface area (Å²) in [7, 11) is 0. The number of hydrogen-bond donors (Lipinski definition) is 1. The van der Waals surface area contributed by atoms with Crippen LogP contribution in [0.25, 0.3) is 0 Å². The van der Waals surface area contributed by atoms with Crippen molar-refractivity contribution in [2.24, 2.45) is 0 Å². The lowest BCUT2D eigenvalue weighted by Crippen LogP contribution is -2.30. The molecule has 0 aromatic heterocycles. The van der Waals surface area contributed by atoms with Crippen LogP contribution in [-0.4, -0.2) is 12.1 Å². The molecule has 0 bridgehead atoms. The van der Waals surface area contributed by atoms with Crippen LogP contribution >= 0.6 is 11.8 Å². The van der Waals surface area contributed by atoms with Crippen molar-refractivity contribution in [2.75, 3.05) is 6.54 Å². The number of nitrogens with one attached hydrogen (secondary N) is 1. The molecule has 0 saturated heterocycles. The van der Waals surface area contributed by atoms with E-state index in [1.807, 2.05) is 12.1 Å². The monoisotopic (exact) mass is 309 g/mol. The Kier molecular flexibility index (Phi) is 3.95.